The molecule has 1 fully saturated rings. The van der Waals surface area contributed by atoms with Gasteiger partial charge in [0.15, 0.2) is 0 Å². The molecule has 0 aliphatic heterocycles. The number of benzene rings is 3. The second-order valence-electron chi connectivity index (χ2n) is 9.60. The summed E-state index contributed by atoms with van der Waals surface area (Å²) in [7, 11) is 0. The number of amides is 1. The normalized spacial score (nSPS) is 14.3. The Bertz CT molecular complexity index is 1580. The van der Waals surface area contributed by atoms with Crippen LogP contribution in [0.25, 0.3) is 38.6 Å². The molecule has 1 aliphatic rings. The molecule has 2 heterocycles. The van der Waals surface area contributed by atoms with Crippen molar-refractivity contribution in [2.24, 2.45) is 5.73 Å². The lowest BCUT2D eigenvalue weighted by atomic mass is 9.95. The first-order valence-electron chi connectivity index (χ1n) is 12.5. The minimum Gasteiger partial charge on any atom is -0.384 e. The molecule has 0 radical (unpaired) electrons. The van der Waals surface area contributed by atoms with Crippen molar-refractivity contribution in [3.8, 4) is 16.8 Å². The van der Waals surface area contributed by atoms with E-state index in [2.05, 4.69) is 63.4 Å². The number of hydrogen-bond donors (Lipinski definition) is 3. The third kappa shape index (κ3) is 3.85. The summed E-state index contributed by atoms with van der Waals surface area (Å²) in [5.41, 5.74) is 18.2. The van der Waals surface area contributed by atoms with Crippen LogP contribution in [0, 0.1) is 0 Å². The van der Waals surface area contributed by atoms with Crippen LogP contribution in [0.15, 0.2) is 79.0 Å². The Morgan fingerprint density at radius 2 is 1.72 bits per heavy atom. The third-order valence-electron chi connectivity index (χ3n) is 7.29. The molecule has 1 amide bonds. The number of nitrogens with one attached hydrogen (secondary N) is 1. The number of para-hydroxylation sites is 1. The van der Waals surface area contributed by atoms with E-state index in [9.17, 15) is 4.79 Å². The van der Waals surface area contributed by atoms with Crippen molar-refractivity contribution in [2.45, 2.75) is 38.1 Å². The molecule has 6 rings (SSSR count). The fourth-order valence-corrected chi connectivity index (χ4v) is 5.58. The Labute approximate surface area is 209 Å². The minimum absolute atomic E-state index is 0.356. The van der Waals surface area contributed by atoms with Gasteiger partial charge < -0.3 is 21.4 Å². The Morgan fingerprint density at radius 1 is 0.917 bits per heavy atom. The second-order valence-corrected chi connectivity index (χ2v) is 9.60. The van der Waals surface area contributed by atoms with Crippen molar-refractivity contribution in [1.82, 2.24) is 9.55 Å². The first kappa shape index (κ1) is 22.2. The summed E-state index contributed by atoms with van der Waals surface area (Å²) < 4.78 is 2.26. The van der Waals surface area contributed by atoms with E-state index in [4.69, 9.17) is 11.5 Å². The lowest BCUT2D eigenvalue weighted by Crippen LogP contribution is -2.24. The molecule has 6 nitrogen and oxygen atoms in total. The Kier molecular flexibility index (Phi) is 5.56. The van der Waals surface area contributed by atoms with E-state index in [-0.39, 0.29) is 0 Å². The van der Waals surface area contributed by atoms with Crippen LogP contribution in [0.5, 0.6) is 0 Å². The summed E-state index contributed by atoms with van der Waals surface area (Å²) in [5, 5.41) is 5.94. The lowest BCUT2D eigenvalue weighted by Gasteiger charge is -2.25. The number of rotatable bonds is 5. The molecular formula is C30H29N5O. The van der Waals surface area contributed by atoms with E-state index in [1.54, 1.807) is 0 Å². The summed E-state index contributed by atoms with van der Waals surface area (Å²) in [6, 6.07) is 24.8. The summed E-state index contributed by atoms with van der Waals surface area (Å²) in [4.78, 5) is 16.6. The van der Waals surface area contributed by atoms with Crippen molar-refractivity contribution < 1.29 is 4.79 Å². The highest BCUT2D eigenvalue weighted by Crippen LogP contribution is 2.39. The highest BCUT2D eigenvalue weighted by Gasteiger charge is 2.20. The molecule has 6 heteroatoms. The van der Waals surface area contributed by atoms with Gasteiger partial charge in [-0.05, 0) is 60.9 Å². The van der Waals surface area contributed by atoms with Crippen LogP contribution in [0.1, 0.15) is 42.5 Å². The summed E-state index contributed by atoms with van der Waals surface area (Å²) in [6.07, 6.45) is 7.73. The molecular weight excluding hydrogens is 446 g/mol. The molecule has 180 valence electrons. The highest BCUT2D eigenvalue weighted by molar-refractivity contribution is 6.15. The Hall–Kier alpha value is -4.32. The number of carbonyl (C=O) groups excluding carboxylic acids is 1. The maximum atomic E-state index is 12.3. The van der Waals surface area contributed by atoms with E-state index in [1.807, 2.05) is 30.5 Å². The van der Waals surface area contributed by atoms with Crippen LogP contribution in [0.4, 0.5) is 11.5 Å². The predicted octanol–water partition coefficient (Wildman–Crippen LogP) is 6.27. The molecule has 2 aromatic heterocycles. The zero-order chi connectivity index (χ0) is 24.6. The van der Waals surface area contributed by atoms with Crippen molar-refractivity contribution in [3.63, 3.8) is 0 Å². The van der Waals surface area contributed by atoms with Gasteiger partial charge in [0, 0.05) is 39.9 Å². The molecule has 1 aliphatic carbocycles. The van der Waals surface area contributed by atoms with Gasteiger partial charge in [0.2, 0.25) is 0 Å². The van der Waals surface area contributed by atoms with Gasteiger partial charge >= 0.3 is 0 Å². The van der Waals surface area contributed by atoms with Gasteiger partial charge in [0.05, 0.1) is 16.6 Å². The second kappa shape index (κ2) is 9.04. The van der Waals surface area contributed by atoms with Crippen LogP contribution in [0.3, 0.4) is 0 Å². The van der Waals surface area contributed by atoms with Crippen LogP contribution in [-0.4, -0.2) is 21.5 Å². The van der Waals surface area contributed by atoms with Gasteiger partial charge in [0.1, 0.15) is 5.82 Å². The number of nitrogens with zero attached hydrogens (tertiary/aromatic N) is 2. The number of pyridine rings is 1. The van der Waals surface area contributed by atoms with Crippen LogP contribution in [-0.2, 0) is 0 Å². The Morgan fingerprint density at radius 3 is 2.50 bits per heavy atom. The number of nitrogen functional groups attached to an aromatic ring is 1. The van der Waals surface area contributed by atoms with Crippen molar-refractivity contribution in [1.29, 1.82) is 0 Å². The highest BCUT2D eigenvalue weighted by atomic mass is 16.1. The van der Waals surface area contributed by atoms with Gasteiger partial charge in [-0.1, -0.05) is 49.6 Å². The van der Waals surface area contributed by atoms with Gasteiger partial charge in [-0.2, -0.15) is 0 Å². The summed E-state index contributed by atoms with van der Waals surface area (Å²) >= 11 is 0. The first-order valence-corrected chi connectivity index (χ1v) is 12.5. The van der Waals surface area contributed by atoms with Crippen molar-refractivity contribution in [3.05, 3.63) is 84.6 Å². The predicted molar refractivity (Wildman–Crippen MR) is 147 cm³/mol. The van der Waals surface area contributed by atoms with E-state index in [0.29, 0.717) is 17.4 Å². The van der Waals surface area contributed by atoms with Gasteiger partial charge in [-0.25, -0.2) is 4.98 Å². The largest absolute Gasteiger partial charge is 0.384 e. The molecule has 5 aromatic rings. The molecule has 0 atom stereocenters. The quantitative estimate of drug-likeness (QED) is 0.279. The van der Waals surface area contributed by atoms with Crippen molar-refractivity contribution >= 4 is 39.2 Å². The van der Waals surface area contributed by atoms with Crippen molar-refractivity contribution in [2.75, 3.05) is 11.1 Å². The zero-order valence-electron chi connectivity index (χ0n) is 20.1. The maximum Gasteiger partial charge on any atom is 0.250 e. The SMILES string of the molecule is NC(=O)c1ccc(-n2c3ccccc3c3c(-c4ccc(N)nc4)cccc32)cc1NC1CCCCC1. The number of aromatic nitrogens is 2. The summed E-state index contributed by atoms with van der Waals surface area (Å²) in [5.74, 6) is 0.0844. The number of hydrogen-bond acceptors (Lipinski definition) is 4. The standard InChI is InChI=1S/C30H29N5O/c31-28-16-13-19(18-33-28)22-10-6-12-27-29(22)24-9-4-5-11-26(24)35(27)21-14-15-23(30(32)36)25(17-21)34-20-7-2-1-3-8-20/h4-6,9-18,20,34H,1-3,7-8H2,(H2,31,33)(H2,32,36). The Balaban J connectivity index is 1.56. The average Bonchev–Trinajstić information content (AvgIpc) is 3.24. The number of anilines is 2. The van der Waals surface area contributed by atoms with E-state index in [0.717, 1.165) is 57.1 Å². The maximum absolute atomic E-state index is 12.3. The fraction of sp³-hybridized carbons (Fsp3) is 0.200. The molecule has 1 saturated carbocycles. The molecule has 0 spiro atoms. The minimum atomic E-state index is -0.416. The monoisotopic (exact) mass is 475 g/mol. The average molecular weight is 476 g/mol. The van der Waals surface area contributed by atoms with E-state index < -0.39 is 5.91 Å². The lowest BCUT2D eigenvalue weighted by molar-refractivity contribution is 0.100. The van der Waals surface area contributed by atoms with Crippen LogP contribution >= 0.6 is 0 Å². The summed E-state index contributed by atoms with van der Waals surface area (Å²) in [6.45, 7) is 0. The van der Waals surface area contributed by atoms with Crippen LogP contribution in [0.2, 0.25) is 0 Å². The van der Waals surface area contributed by atoms with Crippen LogP contribution < -0.4 is 16.8 Å². The molecule has 5 N–H and O–H groups in total. The molecule has 3 aromatic carbocycles. The number of fused-ring (bicyclic) bond motifs is 3. The molecule has 36 heavy (non-hydrogen) atoms. The third-order valence-corrected chi connectivity index (χ3v) is 7.29. The first-order chi connectivity index (χ1) is 17.6. The topological polar surface area (TPSA) is 99.0 Å². The van der Waals surface area contributed by atoms with Gasteiger partial charge in [0.25, 0.3) is 5.91 Å². The molecule has 0 saturated heterocycles. The van der Waals surface area contributed by atoms with E-state index >= 15 is 0 Å². The van der Waals surface area contributed by atoms with Gasteiger partial charge in [-0.3, -0.25) is 4.79 Å². The molecule has 0 bridgehead atoms. The smallest absolute Gasteiger partial charge is 0.250 e. The zero-order valence-corrected chi connectivity index (χ0v) is 20.1. The van der Waals surface area contributed by atoms with Gasteiger partial charge in [-0.15, -0.1) is 0 Å². The number of nitrogens with two attached hydrogens (primary N) is 2. The molecule has 0 unspecified atom stereocenters. The van der Waals surface area contributed by atoms with E-state index in [1.165, 1.54) is 19.3 Å². The number of primary amides is 1. The number of carbonyl (C=O) groups is 1. The fourth-order valence-electron chi connectivity index (χ4n) is 5.58.